The second kappa shape index (κ2) is 5.16. The number of aliphatic hydroxyl groups is 1. The standard InChI is InChI=1S/C13H26O/c1-4-7-11(3)13(14)9-6-8-12(5-2)10-13/h11-12,14H,4-10H2,1-3H3. The van der Waals surface area contributed by atoms with Crippen molar-refractivity contribution < 1.29 is 5.11 Å². The molecular formula is C13H26O. The average molecular weight is 198 g/mol. The highest BCUT2D eigenvalue weighted by Crippen LogP contribution is 2.40. The lowest BCUT2D eigenvalue weighted by Gasteiger charge is -2.41. The predicted octanol–water partition coefficient (Wildman–Crippen LogP) is 3.75. The van der Waals surface area contributed by atoms with Gasteiger partial charge >= 0.3 is 0 Å². The van der Waals surface area contributed by atoms with Gasteiger partial charge in [0.25, 0.3) is 0 Å². The second-order valence-electron chi connectivity index (χ2n) is 5.16. The minimum Gasteiger partial charge on any atom is -0.390 e. The average Bonchev–Trinajstić information content (AvgIpc) is 2.18. The fourth-order valence-corrected chi connectivity index (χ4v) is 2.90. The molecule has 0 saturated heterocycles. The van der Waals surface area contributed by atoms with E-state index < -0.39 is 0 Å². The van der Waals surface area contributed by atoms with E-state index >= 15 is 0 Å². The van der Waals surface area contributed by atoms with Crippen LogP contribution < -0.4 is 0 Å². The third-order valence-electron chi connectivity index (χ3n) is 4.08. The monoisotopic (exact) mass is 198 g/mol. The van der Waals surface area contributed by atoms with Crippen LogP contribution in [0.2, 0.25) is 0 Å². The molecule has 1 aliphatic carbocycles. The molecule has 0 amide bonds. The molecule has 0 bridgehead atoms. The van der Waals surface area contributed by atoms with Gasteiger partial charge in [0.15, 0.2) is 0 Å². The predicted molar refractivity (Wildman–Crippen MR) is 61.3 cm³/mol. The molecule has 0 radical (unpaired) electrons. The van der Waals surface area contributed by atoms with Gasteiger partial charge in [-0.05, 0) is 31.1 Å². The Labute approximate surface area is 88.9 Å². The molecule has 84 valence electrons. The molecule has 0 heterocycles. The summed E-state index contributed by atoms with van der Waals surface area (Å²) in [7, 11) is 0. The molecule has 1 rings (SSSR count). The van der Waals surface area contributed by atoms with Crippen molar-refractivity contribution in [2.45, 2.75) is 71.3 Å². The van der Waals surface area contributed by atoms with Gasteiger partial charge in [-0.3, -0.25) is 0 Å². The van der Waals surface area contributed by atoms with Crippen molar-refractivity contribution in [1.29, 1.82) is 0 Å². The Morgan fingerprint density at radius 3 is 2.71 bits per heavy atom. The van der Waals surface area contributed by atoms with Crippen molar-refractivity contribution in [2.75, 3.05) is 0 Å². The first-order chi connectivity index (χ1) is 6.62. The third kappa shape index (κ3) is 2.73. The molecule has 1 aliphatic rings. The lowest BCUT2D eigenvalue weighted by atomic mass is 9.70. The summed E-state index contributed by atoms with van der Waals surface area (Å²) in [5.41, 5.74) is -0.338. The van der Waals surface area contributed by atoms with Crippen LogP contribution in [0, 0.1) is 11.8 Å². The summed E-state index contributed by atoms with van der Waals surface area (Å²) in [6.45, 7) is 6.68. The summed E-state index contributed by atoms with van der Waals surface area (Å²) >= 11 is 0. The second-order valence-corrected chi connectivity index (χ2v) is 5.16. The zero-order valence-corrected chi connectivity index (χ0v) is 10.1. The van der Waals surface area contributed by atoms with Gasteiger partial charge in [0.1, 0.15) is 0 Å². The van der Waals surface area contributed by atoms with E-state index in [0.717, 1.165) is 18.8 Å². The summed E-state index contributed by atoms with van der Waals surface area (Å²) in [6, 6.07) is 0. The molecule has 14 heavy (non-hydrogen) atoms. The summed E-state index contributed by atoms with van der Waals surface area (Å²) in [4.78, 5) is 0. The van der Waals surface area contributed by atoms with Gasteiger partial charge in [0, 0.05) is 0 Å². The Hall–Kier alpha value is -0.0400. The third-order valence-corrected chi connectivity index (χ3v) is 4.08. The normalized spacial score (nSPS) is 35.6. The SMILES string of the molecule is CCCC(C)C1(O)CCCC(CC)C1. The first-order valence-electron chi connectivity index (χ1n) is 6.34. The quantitative estimate of drug-likeness (QED) is 0.729. The van der Waals surface area contributed by atoms with Crippen molar-refractivity contribution in [3.05, 3.63) is 0 Å². The Morgan fingerprint density at radius 2 is 2.14 bits per heavy atom. The highest BCUT2D eigenvalue weighted by atomic mass is 16.3. The molecular weight excluding hydrogens is 172 g/mol. The van der Waals surface area contributed by atoms with Crippen molar-refractivity contribution in [3.8, 4) is 0 Å². The Morgan fingerprint density at radius 1 is 1.43 bits per heavy atom. The molecule has 3 atom stereocenters. The van der Waals surface area contributed by atoms with Gasteiger partial charge in [-0.1, -0.05) is 46.5 Å². The summed E-state index contributed by atoms with van der Waals surface area (Å²) in [6.07, 6.45) is 8.24. The molecule has 0 aromatic heterocycles. The number of hydrogen-bond acceptors (Lipinski definition) is 1. The summed E-state index contributed by atoms with van der Waals surface area (Å²) < 4.78 is 0. The van der Waals surface area contributed by atoms with Gasteiger partial charge < -0.3 is 5.11 Å². The maximum Gasteiger partial charge on any atom is 0.0675 e. The summed E-state index contributed by atoms with van der Waals surface area (Å²) in [5, 5.41) is 10.6. The van der Waals surface area contributed by atoms with Crippen LogP contribution in [0.5, 0.6) is 0 Å². The molecule has 0 aromatic carbocycles. The Balaban J connectivity index is 2.53. The van der Waals surface area contributed by atoms with E-state index in [-0.39, 0.29) is 5.60 Å². The van der Waals surface area contributed by atoms with Crippen LogP contribution in [0.15, 0.2) is 0 Å². The molecule has 1 fully saturated rings. The largest absolute Gasteiger partial charge is 0.390 e. The zero-order chi connectivity index (χ0) is 10.6. The van der Waals surface area contributed by atoms with E-state index in [1.54, 1.807) is 0 Å². The lowest BCUT2D eigenvalue weighted by Crippen LogP contribution is -2.41. The fraction of sp³-hybridized carbons (Fsp3) is 1.00. The van der Waals surface area contributed by atoms with E-state index in [9.17, 15) is 5.11 Å². The highest BCUT2D eigenvalue weighted by molar-refractivity contribution is 4.89. The van der Waals surface area contributed by atoms with Crippen LogP contribution in [0.3, 0.4) is 0 Å². The van der Waals surface area contributed by atoms with Crippen LogP contribution in [0.4, 0.5) is 0 Å². The fourth-order valence-electron chi connectivity index (χ4n) is 2.90. The maximum atomic E-state index is 10.6. The molecule has 0 aliphatic heterocycles. The zero-order valence-electron chi connectivity index (χ0n) is 10.1. The van der Waals surface area contributed by atoms with E-state index in [1.807, 2.05) is 0 Å². The van der Waals surface area contributed by atoms with Crippen molar-refractivity contribution in [1.82, 2.24) is 0 Å². The van der Waals surface area contributed by atoms with Crippen molar-refractivity contribution in [2.24, 2.45) is 11.8 Å². The van der Waals surface area contributed by atoms with E-state index in [2.05, 4.69) is 20.8 Å². The Kier molecular flexibility index (Phi) is 4.43. The van der Waals surface area contributed by atoms with E-state index in [4.69, 9.17) is 0 Å². The molecule has 1 nitrogen and oxygen atoms in total. The van der Waals surface area contributed by atoms with Gasteiger partial charge in [-0.25, -0.2) is 0 Å². The van der Waals surface area contributed by atoms with Crippen LogP contribution in [-0.2, 0) is 0 Å². The van der Waals surface area contributed by atoms with Crippen molar-refractivity contribution >= 4 is 0 Å². The van der Waals surface area contributed by atoms with E-state index in [0.29, 0.717) is 5.92 Å². The number of hydrogen-bond donors (Lipinski definition) is 1. The summed E-state index contributed by atoms with van der Waals surface area (Å²) in [5.74, 6) is 1.26. The molecule has 3 unspecified atom stereocenters. The maximum absolute atomic E-state index is 10.6. The van der Waals surface area contributed by atoms with Crippen LogP contribution in [0.25, 0.3) is 0 Å². The van der Waals surface area contributed by atoms with Gasteiger partial charge in [0.2, 0.25) is 0 Å². The number of rotatable bonds is 4. The molecule has 1 heteroatoms. The van der Waals surface area contributed by atoms with Crippen LogP contribution in [-0.4, -0.2) is 10.7 Å². The molecule has 0 aromatic rings. The van der Waals surface area contributed by atoms with Gasteiger partial charge in [-0.15, -0.1) is 0 Å². The molecule has 1 saturated carbocycles. The van der Waals surface area contributed by atoms with Crippen LogP contribution in [0.1, 0.15) is 65.7 Å². The molecule has 1 N–H and O–H groups in total. The highest BCUT2D eigenvalue weighted by Gasteiger charge is 2.37. The van der Waals surface area contributed by atoms with Gasteiger partial charge in [0.05, 0.1) is 5.60 Å². The van der Waals surface area contributed by atoms with Gasteiger partial charge in [-0.2, -0.15) is 0 Å². The van der Waals surface area contributed by atoms with E-state index in [1.165, 1.54) is 32.1 Å². The van der Waals surface area contributed by atoms with Crippen molar-refractivity contribution in [3.63, 3.8) is 0 Å². The first kappa shape index (κ1) is 12.0. The minimum absolute atomic E-state index is 0.338. The smallest absolute Gasteiger partial charge is 0.0675 e. The topological polar surface area (TPSA) is 20.2 Å². The Bertz CT molecular complexity index is 167. The molecule has 0 spiro atoms. The minimum atomic E-state index is -0.338. The van der Waals surface area contributed by atoms with Crippen LogP contribution >= 0.6 is 0 Å². The first-order valence-corrected chi connectivity index (χ1v) is 6.34. The lowest BCUT2D eigenvalue weighted by molar-refractivity contribution is -0.0625.